The van der Waals surface area contributed by atoms with Crippen LogP contribution in [0.1, 0.15) is 11.1 Å². The van der Waals surface area contributed by atoms with Crippen LogP contribution in [0.5, 0.6) is 0 Å². The molecule has 0 unspecified atom stereocenters. The van der Waals surface area contributed by atoms with E-state index in [2.05, 4.69) is 15.4 Å². The quantitative estimate of drug-likeness (QED) is 0.743. The van der Waals surface area contributed by atoms with Crippen LogP contribution in [0.25, 0.3) is 0 Å². The van der Waals surface area contributed by atoms with Crippen molar-refractivity contribution >= 4 is 11.6 Å². The second-order valence-electron chi connectivity index (χ2n) is 3.20. The van der Waals surface area contributed by atoms with Crippen LogP contribution in [0.15, 0.2) is 30.3 Å². The van der Waals surface area contributed by atoms with Gasteiger partial charge in [-0.15, -0.1) is 10.2 Å². The third kappa shape index (κ3) is 2.01. The molecule has 5 heteroatoms. The monoisotopic (exact) mass is 201 g/mol. The molecule has 5 nitrogen and oxygen atoms in total. The molecule has 76 valence electrons. The van der Waals surface area contributed by atoms with Crippen molar-refractivity contribution in [1.82, 2.24) is 15.4 Å². The number of aromatic nitrogens is 3. The van der Waals surface area contributed by atoms with Crippen molar-refractivity contribution in [2.24, 2.45) is 0 Å². The van der Waals surface area contributed by atoms with E-state index < -0.39 is 0 Å². The van der Waals surface area contributed by atoms with Gasteiger partial charge in [0.15, 0.2) is 11.6 Å². The lowest BCUT2D eigenvalue weighted by atomic mass is 10.1. The van der Waals surface area contributed by atoms with E-state index in [1.165, 1.54) is 0 Å². The van der Waals surface area contributed by atoms with Crippen LogP contribution in [-0.2, 0) is 6.42 Å². The molecule has 2 rings (SSSR count). The average molecular weight is 201 g/mol. The number of nitrogens with zero attached hydrogens (tertiary/aromatic N) is 3. The highest BCUT2D eigenvalue weighted by atomic mass is 15.3. The van der Waals surface area contributed by atoms with Gasteiger partial charge in [-0.1, -0.05) is 30.3 Å². The number of rotatable bonds is 2. The van der Waals surface area contributed by atoms with Crippen LogP contribution in [-0.4, -0.2) is 15.4 Å². The highest BCUT2D eigenvalue weighted by molar-refractivity contribution is 5.53. The Morgan fingerprint density at radius 3 is 2.13 bits per heavy atom. The standard InChI is InChI=1S/C10H11N5/c11-9-8(10(12)14-15-13-9)6-7-4-2-1-3-5-7/h1-5H,6H2,(H4,11,12,13,14). The molecule has 0 bridgehead atoms. The number of nitrogen functional groups attached to an aromatic ring is 2. The van der Waals surface area contributed by atoms with Crippen LogP contribution in [0.2, 0.25) is 0 Å². The average Bonchev–Trinajstić information content (AvgIpc) is 2.25. The van der Waals surface area contributed by atoms with E-state index in [-0.39, 0.29) is 0 Å². The molecule has 2 aromatic rings. The maximum Gasteiger partial charge on any atom is 0.155 e. The summed E-state index contributed by atoms with van der Waals surface area (Å²) in [6, 6.07) is 9.88. The maximum atomic E-state index is 5.68. The third-order valence-electron chi connectivity index (χ3n) is 2.15. The zero-order valence-corrected chi connectivity index (χ0v) is 8.09. The van der Waals surface area contributed by atoms with Crippen LogP contribution >= 0.6 is 0 Å². The van der Waals surface area contributed by atoms with Gasteiger partial charge in [-0.2, -0.15) is 0 Å². The van der Waals surface area contributed by atoms with Gasteiger partial charge in [-0.05, 0) is 10.8 Å². The van der Waals surface area contributed by atoms with Gasteiger partial charge in [0.2, 0.25) is 0 Å². The van der Waals surface area contributed by atoms with E-state index in [0.717, 1.165) is 11.1 Å². The van der Waals surface area contributed by atoms with E-state index in [1.807, 2.05) is 30.3 Å². The van der Waals surface area contributed by atoms with Crippen molar-refractivity contribution in [3.8, 4) is 0 Å². The summed E-state index contributed by atoms with van der Waals surface area (Å²) < 4.78 is 0. The minimum absolute atomic E-state index is 0.339. The van der Waals surface area contributed by atoms with Crippen molar-refractivity contribution in [3.05, 3.63) is 41.5 Å². The molecule has 0 aliphatic carbocycles. The van der Waals surface area contributed by atoms with Crippen molar-refractivity contribution in [3.63, 3.8) is 0 Å². The van der Waals surface area contributed by atoms with E-state index >= 15 is 0 Å². The molecule has 0 spiro atoms. The molecule has 0 atom stereocenters. The smallest absolute Gasteiger partial charge is 0.155 e. The zero-order valence-electron chi connectivity index (χ0n) is 8.09. The molecular formula is C10H11N5. The highest BCUT2D eigenvalue weighted by Crippen LogP contribution is 2.17. The summed E-state index contributed by atoms with van der Waals surface area (Å²) in [5.74, 6) is 0.678. The number of hydrogen-bond donors (Lipinski definition) is 2. The van der Waals surface area contributed by atoms with Gasteiger partial charge in [0.25, 0.3) is 0 Å². The lowest BCUT2D eigenvalue weighted by Crippen LogP contribution is -2.07. The predicted molar refractivity (Wildman–Crippen MR) is 57.9 cm³/mol. The Kier molecular flexibility index (Phi) is 2.45. The Morgan fingerprint density at radius 1 is 0.933 bits per heavy atom. The fourth-order valence-electron chi connectivity index (χ4n) is 1.35. The molecule has 0 fully saturated rings. The summed E-state index contributed by atoms with van der Waals surface area (Å²) in [6.45, 7) is 0. The molecule has 1 aromatic heterocycles. The van der Waals surface area contributed by atoms with Gasteiger partial charge in [0, 0.05) is 12.0 Å². The summed E-state index contributed by atoms with van der Waals surface area (Å²) in [6.07, 6.45) is 0.626. The predicted octanol–water partition coefficient (Wildman–Crippen LogP) is 0.627. The van der Waals surface area contributed by atoms with Crippen LogP contribution < -0.4 is 11.5 Å². The Morgan fingerprint density at radius 2 is 1.53 bits per heavy atom. The molecule has 0 aliphatic heterocycles. The fraction of sp³-hybridized carbons (Fsp3) is 0.100. The SMILES string of the molecule is Nc1nnnc(N)c1Cc1ccccc1. The fourth-order valence-corrected chi connectivity index (χ4v) is 1.35. The third-order valence-corrected chi connectivity index (χ3v) is 2.15. The molecular weight excluding hydrogens is 190 g/mol. The summed E-state index contributed by atoms with van der Waals surface area (Å²) in [7, 11) is 0. The zero-order chi connectivity index (χ0) is 10.7. The van der Waals surface area contributed by atoms with Gasteiger partial charge < -0.3 is 11.5 Å². The first kappa shape index (κ1) is 9.39. The van der Waals surface area contributed by atoms with Gasteiger partial charge in [0.05, 0.1) is 0 Å². The van der Waals surface area contributed by atoms with Crippen molar-refractivity contribution in [2.75, 3.05) is 11.5 Å². The Balaban J connectivity index is 2.32. The second-order valence-corrected chi connectivity index (χ2v) is 3.20. The van der Waals surface area contributed by atoms with Crippen molar-refractivity contribution in [1.29, 1.82) is 0 Å². The molecule has 0 amide bonds. The summed E-state index contributed by atoms with van der Waals surface area (Å²) in [4.78, 5) is 0. The maximum absolute atomic E-state index is 5.68. The van der Waals surface area contributed by atoms with Gasteiger partial charge in [0.1, 0.15) is 0 Å². The van der Waals surface area contributed by atoms with Crippen LogP contribution in [0.3, 0.4) is 0 Å². The molecule has 0 saturated carbocycles. The van der Waals surface area contributed by atoms with Crippen molar-refractivity contribution < 1.29 is 0 Å². The minimum atomic E-state index is 0.339. The lowest BCUT2D eigenvalue weighted by molar-refractivity contribution is 0.864. The number of anilines is 2. The number of benzene rings is 1. The summed E-state index contributed by atoms with van der Waals surface area (Å²) >= 11 is 0. The highest BCUT2D eigenvalue weighted by Gasteiger charge is 2.07. The van der Waals surface area contributed by atoms with Gasteiger partial charge in [-0.3, -0.25) is 0 Å². The molecule has 1 aromatic carbocycles. The number of nitrogens with two attached hydrogens (primary N) is 2. The van der Waals surface area contributed by atoms with E-state index in [4.69, 9.17) is 11.5 Å². The molecule has 0 aliphatic rings. The molecule has 0 saturated heterocycles. The Hall–Kier alpha value is -2.17. The van der Waals surface area contributed by atoms with Gasteiger partial charge in [-0.25, -0.2) is 0 Å². The second kappa shape index (κ2) is 3.91. The molecule has 0 radical (unpaired) electrons. The minimum Gasteiger partial charge on any atom is -0.382 e. The Bertz CT molecular complexity index is 434. The summed E-state index contributed by atoms with van der Waals surface area (Å²) in [5.41, 5.74) is 13.2. The van der Waals surface area contributed by atoms with E-state index in [9.17, 15) is 0 Å². The first-order chi connectivity index (χ1) is 7.27. The normalized spacial score (nSPS) is 10.1. The number of hydrogen-bond acceptors (Lipinski definition) is 5. The summed E-state index contributed by atoms with van der Waals surface area (Å²) in [5, 5.41) is 10.8. The Labute approximate surface area is 87.1 Å². The topological polar surface area (TPSA) is 90.7 Å². The molecule has 15 heavy (non-hydrogen) atoms. The van der Waals surface area contributed by atoms with Gasteiger partial charge >= 0.3 is 0 Å². The van der Waals surface area contributed by atoms with Crippen LogP contribution in [0, 0.1) is 0 Å². The first-order valence-electron chi connectivity index (χ1n) is 4.54. The van der Waals surface area contributed by atoms with Crippen LogP contribution in [0.4, 0.5) is 11.6 Å². The van der Waals surface area contributed by atoms with Crippen molar-refractivity contribution in [2.45, 2.75) is 6.42 Å². The van der Waals surface area contributed by atoms with E-state index in [0.29, 0.717) is 18.1 Å². The van der Waals surface area contributed by atoms with E-state index in [1.54, 1.807) is 0 Å². The molecule has 1 heterocycles. The molecule has 4 N–H and O–H groups in total. The largest absolute Gasteiger partial charge is 0.382 e. The lowest BCUT2D eigenvalue weighted by Gasteiger charge is -2.05. The first-order valence-corrected chi connectivity index (χ1v) is 4.54.